The normalized spacial score (nSPS) is 19.8. The molecule has 0 radical (unpaired) electrons. The van der Waals surface area contributed by atoms with Gasteiger partial charge in [-0.2, -0.15) is 8.78 Å². The maximum Gasteiger partial charge on any atom is 0.306 e. The van der Waals surface area contributed by atoms with Gasteiger partial charge in [0.15, 0.2) is 23.3 Å². The SMILES string of the molecule is FC(F)=C(F)c1ccc(C2CCC(c3cc(F)c(F)c(F)c3)OC2)c(F)c1. The molecular weight excluding hydrogens is 377 g/mol. The highest BCUT2D eigenvalue weighted by atomic mass is 19.3. The van der Waals surface area contributed by atoms with Gasteiger partial charge in [0.1, 0.15) is 5.82 Å². The molecule has 0 spiro atoms. The Morgan fingerprint density at radius 2 is 1.52 bits per heavy atom. The lowest BCUT2D eigenvalue weighted by atomic mass is 9.88. The zero-order chi connectivity index (χ0) is 19.7. The van der Waals surface area contributed by atoms with E-state index in [1.54, 1.807) is 0 Å². The van der Waals surface area contributed by atoms with Crippen LogP contribution in [0.3, 0.4) is 0 Å². The standard InChI is InChI=1S/C19H13F7O/c20-13-5-9(17(23)19(25)26)1-3-12(13)10-2-4-16(27-8-10)11-6-14(21)18(24)15(22)7-11/h1,3,5-7,10,16H,2,4,8H2. The summed E-state index contributed by atoms with van der Waals surface area (Å²) in [5, 5.41) is 0. The third-order valence-corrected chi connectivity index (χ3v) is 4.51. The molecule has 1 fully saturated rings. The average molecular weight is 390 g/mol. The van der Waals surface area contributed by atoms with E-state index < -0.39 is 52.8 Å². The van der Waals surface area contributed by atoms with Crippen LogP contribution in [-0.4, -0.2) is 6.61 Å². The lowest BCUT2D eigenvalue weighted by Gasteiger charge is -2.30. The van der Waals surface area contributed by atoms with Crippen LogP contribution in [-0.2, 0) is 4.74 Å². The predicted octanol–water partition coefficient (Wildman–Crippen LogP) is 6.41. The first-order valence-electron chi connectivity index (χ1n) is 8.04. The fourth-order valence-corrected chi connectivity index (χ4v) is 3.12. The van der Waals surface area contributed by atoms with Crippen LogP contribution in [0.5, 0.6) is 0 Å². The molecule has 144 valence electrons. The van der Waals surface area contributed by atoms with Crippen molar-refractivity contribution in [3.05, 3.63) is 76.4 Å². The molecule has 2 atom stereocenters. The van der Waals surface area contributed by atoms with Gasteiger partial charge in [0, 0.05) is 11.5 Å². The molecule has 1 aliphatic heterocycles. The first-order valence-corrected chi connectivity index (χ1v) is 8.04. The largest absolute Gasteiger partial charge is 0.373 e. The predicted molar refractivity (Wildman–Crippen MR) is 83.6 cm³/mol. The van der Waals surface area contributed by atoms with Crippen LogP contribution in [0.2, 0.25) is 0 Å². The Bertz CT molecular complexity index is 859. The van der Waals surface area contributed by atoms with E-state index in [1.807, 2.05) is 0 Å². The van der Waals surface area contributed by atoms with E-state index in [4.69, 9.17) is 4.74 Å². The molecule has 8 heteroatoms. The summed E-state index contributed by atoms with van der Waals surface area (Å²) in [5.74, 6) is -7.30. The Kier molecular flexibility index (Phi) is 5.55. The van der Waals surface area contributed by atoms with Crippen molar-refractivity contribution in [1.82, 2.24) is 0 Å². The van der Waals surface area contributed by atoms with Crippen LogP contribution in [0, 0.1) is 23.3 Å². The van der Waals surface area contributed by atoms with E-state index in [9.17, 15) is 30.7 Å². The van der Waals surface area contributed by atoms with E-state index in [0.717, 1.165) is 18.2 Å². The van der Waals surface area contributed by atoms with Crippen molar-refractivity contribution in [2.45, 2.75) is 24.9 Å². The zero-order valence-corrected chi connectivity index (χ0v) is 13.7. The molecule has 1 nitrogen and oxygen atoms in total. The van der Waals surface area contributed by atoms with Crippen LogP contribution >= 0.6 is 0 Å². The summed E-state index contributed by atoms with van der Waals surface area (Å²) >= 11 is 0. The summed E-state index contributed by atoms with van der Waals surface area (Å²) in [6.45, 7) is -0.00264. The first-order chi connectivity index (χ1) is 12.8. The second-order valence-corrected chi connectivity index (χ2v) is 6.21. The third kappa shape index (κ3) is 4.00. The monoisotopic (exact) mass is 390 g/mol. The van der Waals surface area contributed by atoms with E-state index in [0.29, 0.717) is 12.5 Å². The molecule has 0 amide bonds. The molecule has 0 aromatic heterocycles. The van der Waals surface area contributed by atoms with E-state index >= 15 is 0 Å². The first kappa shape index (κ1) is 19.4. The van der Waals surface area contributed by atoms with Crippen LogP contribution in [0.4, 0.5) is 30.7 Å². The van der Waals surface area contributed by atoms with Gasteiger partial charge < -0.3 is 4.74 Å². The second-order valence-electron chi connectivity index (χ2n) is 6.21. The summed E-state index contributed by atoms with van der Waals surface area (Å²) in [7, 11) is 0. The highest BCUT2D eigenvalue weighted by molar-refractivity contribution is 5.60. The fraction of sp³-hybridized carbons (Fsp3) is 0.263. The highest BCUT2D eigenvalue weighted by Gasteiger charge is 2.27. The number of ether oxygens (including phenoxy) is 1. The van der Waals surface area contributed by atoms with Crippen LogP contribution < -0.4 is 0 Å². The summed E-state index contributed by atoms with van der Waals surface area (Å²) < 4.78 is 97.2. The Hall–Kier alpha value is -2.35. The molecule has 0 aliphatic carbocycles. The highest BCUT2D eigenvalue weighted by Crippen LogP contribution is 2.37. The number of benzene rings is 2. The van der Waals surface area contributed by atoms with Gasteiger partial charge in [-0.05, 0) is 42.2 Å². The smallest absolute Gasteiger partial charge is 0.306 e. The van der Waals surface area contributed by atoms with Crippen molar-refractivity contribution in [1.29, 1.82) is 0 Å². The van der Waals surface area contributed by atoms with Crippen molar-refractivity contribution in [2.75, 3.05) is 6.61 Å². The van der Waals surface area contributed by atoms with Crippen molar-refractivity contribution in [2.24, 2.45) is 0 Å². The molecule has 0 saturated carbocycles. The molecule has 1 heterocycles. The third-order valence-electron chi connectivity index (χ3n) is 4.51. The van der Waals surface area contributed by atoms with Crippen molar-refractivity contribution in [3.8, 4) is 0 Å². The Morgan fingerprint density at radius 1 is 0.852 bits per heavy atom. The van der Waals surface area contributed by atoms with Gasteiger partial charge in [0.2, 0.25) is 0 Å². The van der Waals surface area contributed by atoms with Gasteiger partial charge in [-0.1, -0.05) is 12.1 Å². The number of hydrogen-bond donors (Lipinski definition) is 0. The van der Waals surface area contributed by atoms with Gasteiger partial charge >= 0.3 is 6.08 Å². The van der Waals surface area contributed by atoms with Gasteiger partial charge in [-0.15, -0.1) is 0 Å². The Labute approximate surface area is 150 Å². The maximum absolute atomic E-state index is 14.2. The zero-order valence-electron chi connectivity index (χ0n) is 13.7. The Morgan fingerprint density at radius 3 is 2.04 bits per heavy atom. The van der Waals surface area contributed by atoms with E-state index in [-0.39, 0.29) is 24.2 Å². The van der Waals surface area contributed by atoms with Crippen LogP contribution in [0.1, 0.15) is 41.6 Å². The number of halogens is 7. The number of hydrogen-bond acceptors (Lipinski definition) is 1. The second kappa shape index (κ2) is 7.72. The molecule has 3 rings (SSSR count). The van der Waals surface area contributed by atoms with Crippen LogP contribution in [0.15, 0.2) is 36.4 Å². The fourth-order valence-electron chi connectivity index (χ4n) is 3.12. The van der Waals surface area contributed by atoms with E-state index in [1.165, 1.54) is 6.07 Å². The van der Waals surface area contributed by atoms with E-state index in [2.05, 4.69) is 0 Å². The van der Waals surface area contributed by atoms with Crippen molar-refractivity contribution >= 4 is 5.83 Å². The minimum Gasteiger partial charge on any atom is -0.373 e. The summed E-state index contributed by atoms with van der Waals surface area (Å²) in [4.78, 5) is 0. The van der Waals surface area contributed by atoms with Gasteiger partial charge in [0.25, 0.3) is 0 Å². The molecule has 2 aromatic rings. The quantitative estimate of drug-likeness (QED) is 0.435. The minimum absolute atomic E-state index is 0.00264. The average Bonchev–Trinajstić information content (AvgIpc) is 2.65. The number of rotatable bonds is 3. The maximum atomic E-state index is 14.2. The molecule has 1 saturated heterocycles. The summed E-state index contributed by atoms with van der Waals surface area (Å²) in [5.41, 5.74) is -0.268. The molecule has 27 heavy (non-hydrogen) atoms. The van der Waals surface area contributed by atoms with Gasteiger partial charge in [-0.25, -0.2) is 22.0 Å². The molecule has 1 aliphatic rings. The molecule has 0 bridgehead atoms. The topological polar surface area (TPSA) is 9.23 Å². The molecule has 0 N–H and O–H groups in total. The van der Waals surface area contributed by atoms with Crippen LogP contribution in [0.25, 0.3) is 5.83 Å². The summed E-state index contributed by atoms with van der Waals surface area (Å²) in [6.07, 6.45) is -2.57. The van der Waals surface area contributed by atoms with Gasteiger partial charge in [-0.3, -0.25) is 0 Å². The van der Waals surface area contributed by atoms with Crippen molar-refractivity contribution in [3.63, 3.8) is 0 Å². The Balaban J connectivity index is 1.74. The lowest BCUT2D eigenvalue weighted by molar-refractivity contribution is 0.00132. The van der Waals surface area contributed by atoms with Gasteiger partial charge in [0.05, 0.1) is 12.7 Å². The van der Waals surface area contributed by atoms with Crippen molar-refractivity contribution < 1.29 is 35.5 Å². The molecule has 2 unspecified atom stereocenters. The lowest BCUT2D eigenvalue weighted by Crippen LogP contribution is -2.20. The molecular formula is C19H13F7O. The minimum atomic E-state index is -2.54. The summed E-state index contributed by atoms with van der Waals surface area (Å²) in [6, 6.07) is 4.63. The molecule has 2 aromatic carbocycles.